The van der Waals surface area contributed by atoms with Gasteiger partial charge in [0.25, 0.3) is 0 Å². The summed E-state index contributed by atoms with van der Waals surface area (Å²) in [4.78, 5) is 15.5. The number of aromatic amines is 1. The Hall–Kier alpha value is -3.47. The van der Waals surface area contributed by atoms with E-state index in [4.69, 9.17) is 4.74 Å². The molecule has 0 aliphatic carbocycles. The predicted octanol–water partition coefficient (Wildman–Crippen LogP) is 4.87. The molecule has 0 saturated carbocycles. The lowest BCUT2D eigenvalue weighted by atomic mass is 10.1. The van der Waals surface area contributed by atoms with Crippen LogP contribution in [0.5, 0.6) is 0 Å². The molecule has 39 heavy (non-hydrogen) atoms. The van der Waals surface area contributed by atoms with E-state index in [-0.39, 0.29) is 30.4 Å². The monoisotopic (exact) mass is 556 g/mol. The van der Waals surface area contributed by atoms with Crippen LogP contribution < -0.4 is 5.69 Å². The lowest BCUT2D eigenvalue weighted by molar-refractivity contribution is -0.0682. The van der Waals surface area contributed by atoms with E-state index in [0.717, 1.165) is 37.1 Å². The van der Waals surface area contributed by atoms with Crippen LogP contribution in [0.25, 0.3) is 38.9 Å². The van der Waals surface area contributed by atoms with Crippen molar-refractivity contribution in [2.24, 2.45) is 7.05 Å². The lowest BCUT2D eigenvalue weighted by Crippen LogP contribution is -2.45. The molecule has 0 radical (unpaired) electrons. The molecule has 1 saturated heterocycles. The third-order valence-electron chi connectivity index (χ3n) is 7.30. The van der Waals surface area contributed by atoms with Gasteiger partial charge in [0.1, 0.15) is 11.6 Å². The average Bonchev–Trinajstić information content (AvgIpc) is 3.51. The average molecular weight is 557 g/mol. The molecule has 11 heteroatoms. The van der Waals surface area contributed by atoms with Gasteiger partial charge in [0.15, 0.2) is 5.82 Å². The number of benzene rings is 2. The molecule has 8 nitrogen and oxygen atoms in total. The van der Waals surface area contributed by atoms with Crippen molar-refractivity contribution in [2.45, 2.75) is 39.0 Å². The first-order chi connectivity index (χ1) is 18.3. The minimum absolute atomic E-state index is 0. The highest BCUT2D eigenvalue weighted by Crippen LogP contribution is 2.33. The Bertz CT molecular complexity index is 1690. The number of nitrogens with one attached hydrogen (secondary N) is 1. The number of hydrogen-bond donors (Lipinski definition) is 1. The van der Waals surface area contributed by atoms with Crippen molar-refractivity contribution in [1.29, 1.82) is 0 Å². The zero-order chi connectivity index (χ0) is 26.6. The Morgan fingerprint density at radius 3 is 2.36 bits per heavy atom. The first-order valence-electron chi connectivity index (χ1n) is 12.9. The van der Waals surface area contributed by atoms with Gasteiger partial charge in [0.2, 0.25) is 0 Å². The maximum atomic E-state index is 14.4. The van der Waals surface area contributed by atoms with Gasteiger partial charge in [-0.05, 0) is 56.7 Å². The van der Waals surface area contributed by atoms with Crippen molar-refractivity contribution in [1.82, 2.24) is 28.8 Å². The Kier molecular flexibility index (Phi) is 7.37. The zero-order valence-electron chi connectivity index (χ0n) is 22.0. The van der Waals surface area contributed by atoms with Crippen LogP contribution in [0.4, 0.5) is 8.78 Å². The molecule has 206 valence electrons. The Balaban J connectivity index is 0.00000308. The van der Waals surface area contributed by atoms with Crippen LogP contribution in [-0.2, 0) is 18.3 Å². The highest BCUT2D eigenvalue weighted by atomic mass is 35.5. The molecule has 1 N–H and O–H groups in total. The largest absolute Gasteiger partial charge is 0.373 e. The van der Waals surface area contributed by atoms with Gasteiger partial charge in [-0.15, -0.1) is 12.4 Å². The molecule has 2 unspecified atom stereocenters. The zero-order valence-corrected chi connectivity index (χ0v) is 22.8. The smallest absolute Gasteiger partial charge is 0.348 e. The van der Waals surface area contributed by atoms with Gasteiger partial charge < -0.3 is 13.9 Å². The summed E-state index contributed by atoms with van der Waals surface area (Å²) in [6.07, 6.45) is 4.99. The topological polar surface area (TPSA) is 73.0 Å². The molecule has 0 bridgehead atoms. The number of aryl methyl sites for hydroxylation is 2. The lowest BCUT2D eigenvalue weighted by Gasteiger charge is -2.35. The van der Waals surface area contributed by atoms with Gasteiger partial charge in [-0.1, -0.05) is 0 Å². The third kappa shape index (κ3) is 4.99. The van der Waals surface area contributed by atoms with E-state index < -0.39 is 11.5 Å². The Morgan fingerprint density at radius 2 is 1.64 bits per heavy atom. The van der Waals surface area contributed by atoms with Crippen molar-refractivity contribution in [3.8, 4) is 17.1 Å². The van der Waals surface area contributed by atoms with E-state index in [1.54, 1.807) is 12.1 Å². The Morgan fingerprint density at radius 1 is 0.974 bits per heavy atom. The van der Waals surface area contributed by atoms with Crippen molar-refractivity contribution < 1.29 is 13.5 Å². The molecule has 1 aliphatic heterocycles. The maximum absolute atomic E-state index is 14.4. The highest BCUT2D eigenvalue weighted by Gasteiger charge is 2.23. The molecule has 0 amide bonds. The van der Waals surface area contributed by atoms with E-state index in [0.29, 0.717) is 34.4 Å². The van der Waals surface area contributed by atoms with Crippen molar-refractivity contribution in [2.75, 3.05) is 19.6 Å². The number of morpholine rings is 1. The summed E-state index contributed by atoms with van der Waals surface area (Å²) in [6.45, 7) is 7.58. The predicted molar refractivity (Wildman–Crippen MR) is 150 cm³/mol. The third-order valence-corrected chi connectivity index (χ3v) is 7.30. The minimum Gasteiger partial charge on any atom is -0.373 e. The van der Waals surface area contributed by atoms with Gasteiger partial charge in [0, 0.05) is 67.5 Å². The van der Waals surface area contributed by atoms with Crippen LogP contribution in [-0.4, -0.2) is 60.6 Å². The molecule has 2 atom stereocenters. The van der Waals surface area contributed by atoms with Crippen LogP contribution in [0.3, 0.4) is 0 Å². The van der Waals surface area contributed by atoms with E-state index >= 15 is 0 Å². The number of aromatic nitrogens is 5. The first kappa shape index (κ1) is 27.1. The Labute approximate surface area is 230 Å². The number of hydrogen-bond acceptors (Lipinski definition) is 4. The summed E-state index contributed by atoms with van der Waals surface area (Å²) in [7, 11) is 1.86. The molecule has 4 heterocycles. The summed E-state index contributed by atoms with van der Waals surface area (Å²) in [6, 6.07) is 9.15. The number of H-pyrrole nitrogens is 1. The molecule has 3 aromatic heterocycles. The fourth-order valence-corrected chi connectivity index (χ4v) is 5.79. The molecular weight excluding hydrogens is 526 g/mol. The number of fused-ring (bicyclic) bond motifs is 2. The maximum Gasteiger partial charge on any atom is 0.348 e. The first-order valence-corrected chi connectivity index (χ1v) is 12.9. The number of ether oxygens (including phenoxy) is 1. The minimum atomic E-state index is -0.451. The summed E-state index contributed by atoms with van der Waals surface area (Å²) in [5.74, 6) is -0.430. The standard InChI is InChI=1S/C28H30F2N6O2.ClH/c1-17-13-34(14-18(2)38-17)9-4-10-35-16-26(22-12-20(30)6-8-25(22)35)36-27(31-32-28(36)37)23-15-33(3)24-7-5-19(29)11-21(23)24;/h5-8,11-12,15-18H,4,9-10,13-14H2,1-3H3,(H,32,37);1H. The van der Waals surface area contributed by atoms with Crippen LogP contribution in [0, 0.1) is 11.6 Å². The van der Waals surface area contributed by atoms with Crippen LogP contribution in [0.1, 0.15) is 20.3 Å². The SMILES string of the molecule is CC1CN(CCCn2cc(-n3c(-c4cn(C)c5ccc(F)cc45)n[nH]c3=O)c3cc(F)ccc32)CC(C)O1.Cl. The molecule has 5 aromatic rings. The van der Waals surface area contributed by atoms with E-state index in [2.05, 4.69) is 33.5 Å². The molecule has 2 aromatic carbocycles. The van der Waals surface area contributed by atoms with Crippen molar-refractivity contribution in [3.63, 3.8) is 0 Å². The fraction of sp³-hybridized carbons (Fsp3) is 0.357. The van der Waals surface area contributed by atoms with E-state index in [1.165, 1.54) is 28.8 Å². The second-order valence-corrected chi connectivity index (χ2v) is 10.2. The number of halogens is 3. The van der Waals surface area contributed by atoms with Gasteiger partial charge in [-0.3, -0.25) is 4.90 Å². The molecular formula is C28H31ClF2N6O2. The summed E-state index contributed by atoms with van der Waals surface area (Å²) < 4.78 is 39.8. The summed E-state index contributed by atoms with van der Waals surface area (Å²) >= 11 is 0. The number of rotatable bonds is 6. The van der Waals surface area contributed by atoms with Gasteiger partial charge in [-0.25, -0.2) is 23.2 Å². The quantitative estimate of drug-likeness (QED) is 0.324. The van der Waals surface area contributed by atoms with Crippen molar-refractivity contribution in [3.05, 3.63) is 70.9 Å². The van der Waals surface area contributed by atoms with Crippen LogP contribution in [0.2, 0.25) is 0 Å². The van der Waals surface area contributed by atoms with Crippen LogP contribution in [0.15, 0.2) is 53.6 Å². The van der Waals surface area contributed by atoms with Crippen molar-refractivity contribution >= 4 is 34.2 Å². The van der Waals surface area contributed by atoms with Gasteiger partial charge >= 0.3 is 5.69 Å². The molecule has 1 aliphatic rings. The second kappa shape index (κ2) is 10.6. The van der Waals surface area contributed by atoms with Crippen LogP contribution >= 0.6 is 12.4 Å². The molecule has 6 rings (SSSR count). The highest BCUT2D eigenvalue weighted by molar-refractivity contribution is 5.96. The summed E-state index contributed by atoms with van der Waals surface area (Å²) in [5.41, 5.74) is 2.31. The van der Waals surface area contributed by atoms with Gasteiger partial charge in [0.05, 0.1) is 23.4 Å². The molecule has 0 spiro atoms. The van der Waals surface area contributed by atoms with Gasteiger partial charge in [-0.2, -0.15) is 5.10 Å². The normalized spacial score (nSPS) is 18.2. The molecule has 1 fully saturated rings. The van der Waals surface area contributed by atoms with E-state index in [1.807, 2.05) is 24.0 Å². The second-order valence-electron chi connectivity index (χ2n) is 10.2. The number of nitrogens with zero attached hydrogens (tertiary/aromatic N) is 5. The fourth-order valence-electron chi connectivity index (χ4n) is 5.79. The summed E-state index contributed by atoms with van der Waals surface area (Å²) in [5, 5.41) is 8.08. The van der Waals surface area contributed by atoms with E-state index in [9.17, 15) is 13.6 Å².